The monoisotopic (exact) mass is 269 g/mol. The molecule has 3 nitrogen and oxygen atoms in total. The van der Waals surface area contributed by atoms with E-state index < -0.39 is 0 Å². The molecular weight excluding hydrogens is 258 g/mol. The fourth-order valence-corrected chi connectivity index (χ4v) is 2.12. The van der Waals surface area contributed by atoms with Gasteiger partial charge in [0.2, 0.25) is 0 Å². The first-order valence-electron chi connectivity index (χ1n) is 6.00. The Labute approximate surface area is 116 Å². The zero-order valence-electron chi connectivity index (χ0n) is 10.2. The van der Waals surface area contributed by atoms with Gasteiger partial charge in [-0.3, -0.25) is 4.68 Å². The lowest BCUT2D eigenvalue weighted by Gasteiger charge is -2.01. The van der Waals surface area contributed by atoms with Crippen molar-refractivity contribution in [1.29, 1.82) is 0 Å². The maximum atomic E-state index is 5.87. The van der Waals surface area contributed by atoms with E-state index in [0.29, 0.717) is 11.7 Å². The summed E-state index contributed by atoms with van der Waals surface area (Å²) >= 11 is 5.87. The number of hydrogen-bond donors (Lipinski definition) is 0. The highest BCUT2D eigenvalue weighted by molar-refractivity contribution is 6.29. The number of pyridine rings is 1. The molecule has 0 atom stereocenters. The minimum absolute atomic E-state index is 0.507. The van der Waals surface area contributed by atoms with Gasteiger partial charge in [-0.25, -0.2) is 4.98 Å². The first kappa shape index (κ1) is 11.9. The van der Waals surface area contributed by atoms with Gasteiger partial charge in [0.05, 0.1) is 18.4 Å². The summed E-state index contributed by atoms with van der Waals surface area (Å²) in [6, 6.07) is 15.8. The van der Waals surface area contributed by atoms with Gasteiger partial charge in [0.15, 0.2) is 0 Å². The predicted molar refractivity (Wildman–Crippen MR) is 76.0 cm³/mol. The summed E-state index contributed by atoms with van der Waals surface area (Å²) in [5.41, 5.74) is 3.16. The van der Waals surface area contributed by atoms with Crippen LogP contribution in [-0.4, -0.2) is 14.8 Å². The third-order valence-corrected chi connectivity index (χ3v) is 3.05. The molecule has 0 fully saturated rings. The molecule has 2 aromatic heterocycles. The van der Waals surface area contributed by atoms with Crippen molar-refractivity contribution in [3.8, 4) is 11.1 Å². The van der Waals surface area contributed by atoms with Crippen LogP contribution in [-0.2, 0) is 6.54 Å². The molecule has 0 bridgehead atoms. The van der Waals surface area contributed by atoms with Crippen LogP contribution in [0, 0.1) is 0 Å². The molecule has 0 aliphatic carbocycles. The summed E-state index contributed by atoms with van der Waals surface area (Å²) in [6.45, 7) is 0.618. The lowest BCUT2D eigenvalue weighted by Crippen LogP contribution is -2.01. The normalized spacial score (nSPS) is 10.6. The van der Waals surface area contributed by atoms with Crippen LogP contribution >= 0.6 is 11.6 Å². The summed E-state index contributed by atoms with van der Waals surface area (Å²) in [4.78, 5) is 4.26. The van der Waals surface area contributed by atoms with Crippen molar-refractivity contribution in [2.75, 3.05) is 0 Å². The largest absolute Gasteiger partial charge is 0.266 e. The predicted octanol–water partition coefficient (Wildman–Crippen LogP) is 3.65. The average Bonchev–Trinajstić information content (AvgIpc) is 2.88. The molecule has 2 heterocycles. The SMILES string of the molecule is Clc1cccc(Cn2cc(-c3ccccc3)cn2)n1. The van der Waals surface area contributed by atoms with E-state index in [1.807, 2.05) is 47.4 Å². The van der Waals surface area contributed by atoms with Gasteiger partial charge in [0.1, 0.15) is 5.15 Å². The zero-order valence-corrected chi connectivity index (χ0v) is 11.0. The highest BCUT2D eigenvalue weighted by Crippen LogP contribution is 2.18. The molecule has 3 rings (SSSR count). The van der Waals surface area contributed by atoms with Crippen LogP contribution in [0.2, 0.25) is 5.15 Å². The Morgan fingerprint density at radius 1 is 0.947 bits per heavy atom. The third kappa shape index (κ3) is 2.83. The van der Waals surface area contributed by atoms with Crippen molar-refractivity contribution in [2.24, 2.45) is 0 Å². The number of nitrogens with zero attached hydrogens (tertiary/aromatic N) is 3. The maximum absolute atomic E-state index is 5.87. The van der Waals surface area contributed by atoms with Crippen LogP contribution in [0.5, 0.6) is 0 Å². The molecule has 3 aromatic rings. The van der Waals surface area contributed by atoms with Crippen molar-refractivity contribution in [1.82, 2.24) is 14.8 Å². The van der Waals surface area contributed by atoms with Crippen molar-refractivity contribution in [2.45, 2.75) is 6.54 Å². The number of rotatable bonds is 3. The summed E-state index contributed by atoms with van der Waals surface area (Å²) in [7, 11) is 0. The molecule has 0 spiro atoms. The van der Waals surface area contributed by atoms with E-state index in [9.17, 15) is 0 Å². The number of benzene rings is 1. The molecule has 0 N–H and O–H groups in total. The Balaban J connectivity index is 1.82. The second kappa shape index (κ2) is 5.24. The van der Waals surface area contributed by atoms with Crippen molar-refractivity contribution < 1.29 is 0 Å². The molecule has 0 radical (unpaired) electrons. The van der Waals surface area contributed by atoms with Gasteiger partial charge in [-0.2, -0.15) is 5.10 Å². The minimum Gasteiger partial charge on any atom is -0.266 e. The Hall–Kier alpha value is -2.13. The first-order valence-corrected chi connectivity index (χ1v) is 6.38. The van der Waals surface area contributed by atoms with Crippen molar-refractivity contribution in [3.05, 3.63) is 71.8 Å². The van der Waals surface area contributed by atoms with Crippen molar-refractivity contribution >= 4 is 11.6 Å². The molecular formula is C15H12ClN3. The van der Waals surface area contributed by atoms with E-state index in [0.717, 1.165) is 16.8 Å². The standard InChI is InChI=1S/C15H12ClN3/c16-15-8-4-7-14(18-15)11-19-10-13(9-17-19)12-5-2-1-3-6-12/h1-10H,11H2. The fourth-order valence-electron chi connectivity index (χ4n) is 1.93. The number of aromatic nitrogens is 3. The van der Waals surface area contributed by atoms with Crippen LogP contribution in [0.1, 0.15) is 5.69 Å². The van der Waals surface area contributed by atoms with Gasteiger partial charge in [-0.15, -0.1) is 0 Å². The van der Waals surface area contributed by atoms with E-state index in [4.69, 9.17) is 11.6 Å². The van der Waals surface area contributed by atoms with Crippen LogP contribution < -0.4 is 0 Å². The second-order valence-electron chi connectivity index (χ2n) is 4.24. The molecule has 19 heavy (non-hydrogen) atoms. The Morgan fingerprint density at radius 2 is 1.79 bits per heavy atom. The molecule has 0 aliphatic rings. The van der Waals surface area contributed by atoms with Gasteiger partial charge in [-0.05, 0) is 17.7 Å². The summed E-state index contributed by atoms with van der Waals surface area (Å²) in [5.74, 6) is 0. The Kier molecular flexibility index (Phi) is 3.29. The van der Waals surface area contributed by atoms with E-state index in [-0.39, 0.29) is 0 Å². The van der Waals surface area contributed by atoms with Crippen molar-refractivity contribution in [3.63, 3.8) is 0 Å². The molecule has 0 saturated carbocycles. The Bertz CT molecular complexity index is 677. The molecule has 0 aliphatic heterocycles. The highest BCUT2D eigenvalue weighted by atomic mass is 35.5. The van der Waals surface area contributed by atoms with E-state index in [1.54, 1.807) is 6.07 Å². The van der Waals surface area contributed by atoms with E-state index in [2.05, 4.69) is 22.2 Å². The third-order valence-electron chi connectivity index (χ3n) is 2.84. The summed E-state index contributed by atoms with van der Waals surface area (Å²) in [6.07, 6.45) is 3.87. The average molecular weight is 270 g/mol. The lowest BCUT2D eigenvalue weighted by atomic mass is 10.1. The van der Waals surface area contributed by atoms with E-state index >= 15 is 0 Å². The Morgan fingerprint density at radius 3 is 2.58 bits per heavy atom. The first-order chi connectivity index (χ1) is 9.31. The summed E-state index contributed by atoms with van der Waals surface area (Å²) in [5, 5.41) is 4.86. The minimum atomic E-state index is 0.507. The number of hydrogen-bond acceptors (Lipinski definition) is 2. The van der Waals surface area contributed by atoms with Crippen LogP contribution in [0.3, 0.4) is 0 Å². The topological polar surface area (TPSA) is 30.7 Å². The molecule has 94 valence electrons. The quantitative estimate of drug-likeness (QED) is 0.680. The number of halogens is 1. The molecule has 0 amide bonds. The maximum Gasteiger partial charge on any atom is 0.129 e. The molecule has 0 unspecified atom stereocenters. The van der Waals surface area contributed by atoms with Crippen LogP contribution in [0.15, 0.2) is 60.9 Å². The molecule has 0 saturated heterocycles. The smallest absolute Gasteiger partial charge is 0.129 e. The van der Waals surface area contributed by atoms with Gasteiger partial charge in [-0.1, -0.05) is 48.0 Å². The lowest BCUT2D eigenvalue weighted by molar-refractivity contribution is 0.673. The molecule has 4 heteroatoms. The van der Waals surface area contributed by atoms with Crippen LogP contribution in [0.25, 0.3) is 11.1 Å². The fraction of sp³-hybridized carbons (Fsp3) is 0.0667. The van der Waals surface area contributed by atoms with Gasteiger partial charge in [0, 0.05) is 11.8 Å². The van der Waals surface area contributed by atoms with Gasteiger partial charge < -0.3 is 0 Å². The zero-order chi connectivity index (χ0) is 13.1. The van der Waals surface area contributed by atoms with Crippen LogP contribution in [0.4, 0.5) is 0 Å². The molecule has 1 aromatic carbocycles. The van der Waals surface area contributed by atoms with Gasteiger partial charge >= 0.3 is 0 Å². The van der Waals surface area contributed by atoms with E-state index in [1.165, 1.54) is 0 Å². The summed E-state index contributed by atoms with van der Waals surface area (Å²) < 4.78 is 1.86. The van der Waals surface area contributed by atoms with Gasteiger partial charge in [0.25, 0.3) is 0 Å². The highest BCUT2D eigenvalue weighted by Gasteiger charge is 2.03. The second-order valence-corrected chi connectivity index (χ2v) is 4.63.